The van der Waals surface area contributed by atoms with E-state index in [0.29, 0.717) is 46.4 Å². The largest absolute Gasteiger partial charge is 0.490 e. The average molecular weight is 453 g/mol. The molecule has 0 radical (unpaired) electrons. The number of carbonyl (C=O) groups excluding carboxylic acids is 1. The lowest BCUT2D eigenvalue weighted by Gasteiger charge is -2.10. The first-order valence-corrected chi connectivity index (χ1v) is 10.7. The second-order valence-electron chi connectivity index (χ2n) is 7.94. The molecule has 0 saturated heterocycles. The molecule has 1 saturated carbocycles. The van der Waals surface area contributed by atoms with Gasteiger partial charge in [-0.05, 0) is 30.9 Å². The van der Waals surface area contributed by atoms with Crippen molar-refractivity contribution in [2.75, 3.05) is 13.7 Å². The van der Waals surface area contributed by atoms with Crippen LogP contribution in [0.2, 0.25) is 5.02 Å². The molecular weight excluding hydrogens is 432 g/mol. The predicted octanol–water partition coefficient (Wildman–Crippen LogP) is 3.25. The zero-order valence-electron chi connectivity index (χ0n) is 17.5. The minimum atomic E-state index is -0.516. The molecule has 3 heterocycles. The van der Waals surface area contributed by atoms with E-state index in [-0.39, 0.29) is 17.5 Å². The van der Waals surface area contributed by atoms with Crippen molar-refractivity contribution in [1.29, 1.82) is 0 Å². The van der Waals surface area contributed by atoms with Crippen LogP contribution in [0, 0.1) is 5.92 Å². The summed E-state index contributed by atoms with van der Waals surface area (Å²) in [6.07, 6.45) is 5.92. The number of aromatic nitrogens is 4. The summed E-state index contributed by atoms with van der Waals surface area (Å²) in [6, 6.07) is 8.94. The number of hydrogen-bond donors (Lipinski definition) is 0. The van der Waals surface area contributed by atoms with Crippen molar-refractivity contribution >= 4 is 34.1 Å². The molecule has 0 amide bonds. The third-order valence-corrected chi connectivity index (χ3v) is 5.81. The van der Waals surface area contributed by atoms with Crippen molar-refractivity contribution < 1.29 is 14.3 Å². The molecule has 0 spiro atoms. The van der Waals surface area contributed by atoms with Gasteiger partial charge in [0.15, 0.2) is 5.75 Å². The van der Waals surface area contributed by atoms with E-state index < -0.39 is 5.97 Å². The summed E-state index contributed by atoms with van der Waals surface area (Å²) in [5.41, 5.74) is 1.93. The van der Waals surface area contributed by atoms with Crippen molar-refractivity contribution in [3.63, 3.8) is 0 Å². The highest BCUT2D eigenvalue weighted by Crippen LogP contribution is 2.32. The zero-order chi connectivity index (χ0) is 22.2. The van der Waals surface area contributed by atoms with Crippen LogP contribution in [0.25, 0.3) is 16.6 Å². The van der Waals surface area contributed by atoms with Crippen LogP contribution in [-0.2, 0) is 22.5 Å². The standard InChI is InChI=1S/C23H21ClN4O4/c1-31-22(29)9-18-23(30)16-4-2-3-5-19(16)28(26-18)11-15-10-27-12-20(32-13-14-6-7-14)17(24)8-21(27)25-15/h2-5,8,10,12,14H,6-7,9,11,13H2,1H3. The van der Waals surface area contributed by atoms with Gasteiger partial charge in [0.2, 0.25) is 5.43 Å². The monoisotopic (exact) mass is 452 g/mol. The maximum absolute atomic E-state index is 12.8. The smallest absolute Gasteiger partial charge is 0.311 e. The molecule has 164 valence electrons. The van der Waals surface area contributed by atoms with Gasteiger partial charge in [-0.1, -0.05) is 23.7 Å². The molecule has 0 aliphatic heterocycles. The highest BCUT2D eigenvalue weighted by Gasteiger charge is 2.22. The molecule has 9 heteroatoms. The number of esters is 1. The molecule has 0 bridgehead atoms. The van der Waals surface area contributed by atoms with E-state index in [1.54, 1.807) is 22.9 Å². The third kappa shape index (κ3) is 4.05. The number of imidazole rings is 1. The molecule has 0 atom stereocenters. The third-order valence-electron chi connectivity index (χ3n) is 5.51. The maximum Gasteiger partial charge on any atom is 0.311 e. The lowest BCUT2D eigenvalue weighted by atomic mass is 10.1. The minimum Gasteiger partial charge on any atom is -0.490 e. The van der Waals surface area contributed by atoms with Crippen LogP contribution in [0.5, 0.6) is 5.75 Å². The Kier molecular flexibility index (Phi) is 5.30. The van der Waals surface area contributed by atoms with Crippen molar-refractivity contribution in [2.24, 2.45) is 5.92 Å². The molecule has 5 rings (SSSR count). The Morgan fingerprint density at radius 1 is 1.25 bits per heavy atom. The molecule has 1 aliphatic rings. The topological polar surface area (TPSA) is 87.7 Å². The van der Waals surface area contributed by atoms with Gasteiger partial charge in [-0.2, -0.15) is 5.10 Å². The summed E-state index contributed by atoms with van der Waals surface area (Å²) in [5.74, 6) is 0.735. The fourth-order valence-electron chi connectivity index (χ4n) is 3.61. The summed E-state index contributed by atoms with van der Waals surface area (Å²) < 4.78 is 14.1. The zero-order valence-corrected chi connectivity index (χ0v) is 18.2. The Balaban J connectivity index is 1.51. The van der Waals surface area contributed by atoms with Crippen molar-refractivity contribution in [3.05, 3.63) is 69.4 Å². The minimum absolute atomic E-state index is 0.137. The summed E-state index contributed by atoms with van der Waals surface area (Å²) in [4.78, 5) is 29.2. The number of pyridine rings is 1. The Morgan fingerprint density at radius 2 is 2.06 bits per heavy atom. The number of nitrogens with zero attached hydrogens (tertiary/aromatic N) is 4. The number of ether oxygens (including phenoxy) is 2. The maximum atomic E-state index is 12.8. The van der Waals surface area contributed by atoms with Gasteiger partial charge in [-0.25, -0.2) is 4.98 Å². The van der Waals surface area contributed by atoms with Crippen molar-refractivity contribution in [2.45, 2.75) is 25.8 Å². The molecule has 32 heavy (non-hydrogen) atoms. The van der Waals surface area contributed by atoms with E-state index in [9.17, 15) is 9.59 Å². The summed E-state index contributed by atoms with van der Waals surface area (Å²) in [6.45, 7) is 0.982. The number of benzene rings is 1. The van der Waals surface area contributed by atoms with Gasteiger partial charge in [0.1, 0.15) is 11.3 Å². The van der Waals surface area contributed by atoms with Crippen molar-refractivity contribution in [1.82, 2.24) is 19.2 Å². The van der Waals surface area contributed by atoms with E-state index in [0.717, 1.165) is 5.69 Å². The van der Waals surface area contributed by atoms with Crippen LogP contribution < -0.4 is 10.2 Å². The molecular formula is C23H21ClN4O4. The fraction of sp³-hybridized carbons (Fsp3) is 0.304. The molecule has 3 aromatic heterocycles. The van der Waals surface area contributed by atoms with Gasteiger partial charge in [0.25, 0.3) is 0 Å². The molecule has 0 N–H and O–H groups in total. The Bertz CT molecular complexity index is 1390. The lowest BCUT2D eigenvalue weighted by molar-refractivity contribution is -0.139. The van der Waals surface area contributed by atoms with Crippen LogP contribution >= 0.6 is 11.6 Å². The predicted molar refractivity (Wildman–Crippen MR) is 119 cm³/mol. The van der Waals surface area contributed by atoms with E-state index >= 15 is 0 Å². The second kappa shape index (κ2) is 8.27. The Labute approximate surface area is 188 Å². The van der Waals surface area contributed by atoms with Crippen molar-refractivity contribution in [3.8, 4) is 5.75 Å². The molecule has 1 aliphatic carbocycles. The highest BCUT2D eigenvalue weighted by molar-refractivity contribution is 6.32. The number of halogens is 1. The molecule has 8 nitrogen and oxygen atoms in total. The first-order chi connectivity index (χ1) is 15.5. The number of para-hydroxylation sites is 1. The molecule has 1 aromatic carbocycles. The number of carbonyl (C=O) groups is 1. The van der Waals surface area contributed by atoms with Crippen LogP contribution in [0.3, 0.4) is 0 Å². The number of hydrogen-bond acceptors (Lipinski definition) is 6. The van der Waals surface area contributed by atoms with E-state index in [1.807, 2.05) is 28.9 Å². The van der Waals surface area contributed by atoms with Gasteiger partial charge in [0, 0.05) is 17.6 Å². The molecule has 1 fully saturated rings. The summed E-state index contributed by atoms with van der Waals surface area (Å²) in [5, 5.41) is 5.45. The first kappa shape index (κ1) is 20.5. The second-order valence-corrected chi connectivity index (χ2v) is 8.35. The van der Waals surface area contributed by atoms with E-state index in [4.69, 9.17) is 21.1 Å². The fourth-order valence-corrected chi connectivity index (χ4v) is 3.81. The summed E-state index contributed by atoms with van der Waals surface area (Å²) in [7, 11) is 1.28. The molecule has 0 unspecified atom stereocenters. The Morgan fingerprint density at radius 3 is 2.84 bits per heavy atom. The summed E-state index contributed by atoms with van der Waals surface area (Å²) >= 11 is 6.38. The highest BCUT2D eigenvalue weighted by atomic mass is 35.5. The van der Waals surface area contributed by atoms with Gasteiger partial charge in [-0.15, -0.1) is 0 Å². The van der Waals surface area contributed by atoms with Gasteiger partial charge >= 0.3 is 5.97 Å². The lowest BCUT2D eigenvalue weighted by Crippen LogP contribution is -2.22. The van der Waals surface area contributed by atoms with E-state index in [2.05, 4.69) is 10.1 Å². The average Bonchev–Trinajstić information content (AvgIpc) is 3.54. The number of rotatable bonds is 7. The van der Waals surface area contributed by atoms with Gasteiger partial charge < -0.3 is 13.9 Å². The number of fused-ring (bicyclic) bond motifs is 2. The first-order valence-electron chi connectivity index (χ1n) is 10.4. The SMILES string of the molecule is COC(=O)Cc1nn(Cc2cn3cc(OCC4CC4)c(Cl)cc3n2)c2ccccc2c1=O. The van der Waals surface area contributed by atoms with E-state index in [1.165, 1.54) is 20.0 Å². The van der Waals surface area contributed by atoms with Gasteiger partial charge in [0.05, 0.1) is 49.1 Å². The quantitative estimate of drug-likeness (QED) is 0.400. The Hall–Kier alpha value is -3.39. The molecule has 4 aromatic rings. The van der Waals surface area contributed by atoms with Crippen LogP contribution in [0.15, 0.2) is 47.5 Å². The number of methoxy groups -OCH3 is 1. The van der Waals surface area contributed by atoms with Crippen LogP contribution in [0.1, 0.15) is 24.2 Å². The normalized spacial score (nSPS) is 13.6. The van der Waals surface area contributed by atoms with Crippen LogP contribution in [-0.4, -0.2) is 38.9 Å². The van der Waals surface area contributed by atoms with Crippen LogP contribution in [0.4, 0.5) is 0 Å². The van der Waals surface area contributed by atoms with Gasteiger partial charge in [-0.3, -0.25) is 14.3 Å².